The van der Waals surface area contributed by atoms with Gasteiger partial charge in [-0.2, -0.15) is 0 Å². The van der Waals surface area contributed by atoms with E-state index in [1.54, 1.807) is 60.7 Å². The third-order valence-electron chi connectivity index (χ3n) is 7.30. The van der Waals surface area contributed by atoms with Gasteiger partial charge in [-0.05, 0) is 58.7 Å². The molecule has 4 aromatic rings. The molecule has 0 saturated heterocycles. The van der Waals surface area contributed by atoms with E-state index in [-0.39, 0.29) is 58.2 Å². The fourth-order valence-electron chi connectivity index (χ4n) is 6.15. The summed E-state index contributed by atoms with van der Waals surface area (Å²) in [6.45, 7) is 0. The van der Waals surface area contributed by atoms with E-state index >= 15 is 0 Å². The molecule has 6 heteroatoms. The normalized spacial score (nSPS) is 22.2. The van der Waals surface area contributed by atoms with Crippen LogP contribution in [0.25, 0.3) is 0 Å². The molecule has 2 aliphatic rings. The number of hydrogen-bond acceptors (Lipinski definition) is 6. The second-order valence-electron chi connectivity index (χ2n) is 9.13. The Labute approximate surface area is 195 Å². The molecule has 4 aromatic carbocycles. The van der Waals surface area contributed by atoms with Crippen molar-refractivity contribution in [1.82, 2.24) is 0 Å². The summed E-state index contributed by atoms with van der Waals surface area (Å²) in [5.41, 5.74) is 4.58. The summed E-state index contributed by atoms with van der Waals surface area (Å²) >= 11 is 0. The zero-order valence-corrected chi connectivity index (χ0v) is 17.9. The van der Waals surface area contributed by atoms with Gasteiger partial charge in [0.25, 0.3) is 0 Å². The minimum Gasteiger partial charge on any atom is -0.508 e. The number of benzene rings is 4. The fourth-order valence-corrected chi connectivity index (χ4v) is 6.15. The van der Waals surface area contributed by atoms with Crippen LogP contribution in [0.5, 0.6) is 34.5 Å². The Morgan fingerprint density at radius 2 is 0.765 bits per heavy atom. The summed E-state index contributed by atoms with van der Waals surface area (Å²) in [6, 6.07) is 19.5. The van der Waals surface area contributed by atoms with Gasteiger partial charge >= 0.3 is 0 Å². The van der Waals surface area contributed by atoms with Gasteiger partial charge in [-0.15, -0.1) is 0 Å². The van der Waals surface area contributed by atoms with Crippen LogP contribution in [0.4, 0.5) is 0 Å². The van der Waals surface area contributed by atoms with Gasteiger partial charge in [0.2, 0.25) is 0 Å². The third kappa shape index (κ3) is 2.81. The van der Waals surface area contributed by atoms with E-state index in [0.717, 1.165) is 22.3 Å². The molecule has 0 fully saturated rings. The molecule has 0 aliphatic heterocycles. The number of aromatic hydroxyl groups is 6. The Morgan fingerprint density at radius 3 is 1.12 bits per heavy atom. The molecule has 2 aliphatic carbocycles. The van der Waals surface area contributed by atoms with Crippen LogP contribution in [-0.2, 0) is 0 Å². The molecular weight excluding hydrogens is 432 g/mol. The summed E-state index contributed by atoms with van der Waals surface area (Å²) < 4.78 is 0. The van der Waals surface area contributed by atoms with Crippen molar-refractivity contribution in [3.63, 3.8) is 0 Å². The van der Waals surface area contributed by atoms with Crippen LogP contribution in [0.1, 0.15) is 57.1 Å². The van der Waals surface area contributed by atoms with E-state index in [1.807, 2.05) is 0 Å². The Kier molecular flexibility index (Phi) is 4.23. The molecule has 6 nitrogen and oxygen atoms in total. The van der Waals surface area contributed by atoms with Crippen molar-refractivity contribution in [2.45, 2.75) is 23.7 Å². The average Bonchev–Trinajstić information content (AvgIpc) is 3.29. The molecule has 0 saturated carbocycles. The van der Waals surface area contributed by atoms with Crippen LogP contribution in [-0.4, -0.2) is 30.6 Å². The van der Waals surface area contributed by atoms with Crippen LogP contribution in [0.15, 0.2) is 72.8 Å². The van der Waals surface area contributed by atoms with Crippen molar-refractivity contribution in [2.75, 3.05) is 0 Å². The van der Waals surface area contributed by atoms with Gasteiger partial charge in [0.15, 0.2) is 0 Å². The highest BCUT2D eigenvalue weighted by Gasteiger charge is 2.54. The molecule has 0 bridgehead atoms. The van der Waals surface area contributed by atoms with Crippen LogP contribution in [0.3, 0.4) is 0 Å². The Bertz CT molecular complexity index is 1310. The lowest BCUT2D eigenvalue weighted by Gasteiger charge is -2.23. The van der Waals surface area contributed by atoms with Gasteiger partial charge in [-0.1, -0.05) is 24.3 Å². The lowest BCUT2D eigenvalue weighted by Crippen LogP contribution is -2.10. The predicted octanol–water partition coefficient (Wildman–Crippen LogP) is 5.08. The lowest BCUT2D eigenvalue weighted by atomic mass is 9.79. The summed E-state index contributed by atoms with van der Waals surface area (Å²) in [5.74, 6) is -1.15. The van der Waals surface area contributed by atoms with E-state index in [0.29, 0.717) is 11.1 Å². The summed E-state index contributed by atoms with van der Waals surface area (Å²) in [6.07, 6.45) is 0. The quantitative estimate of drug-likeness (QED) is 0.251. The molecule has 4 atom stereocenters. The molecule has 0 radical (unpaired) electrons. The van der Waals surface area contributed by atoms with E-state index in [1.165, 1.54) is 12.1 Å². The van der Waals surface area contributed by atoms with Gasteiger partial charge in [-0.25, -0.2) is 0 Å². The van der Waals surface area contributed by atoms with Crippen molar-refractivity contribution in [3.8, 4) is 34.5 Å². The Morgan fingerprint density at radius 1 is 0.412 bits per heavy atom. The topological polar surface area (TPSA) is 121 Å². The maximum atomic E-state index is 11.0. The van der Waals surface area contributed by atoms with Crippen LogP contribution in [0.2, 0.25) is 0 Å². The minimum atomic E-state index is -0.344. The van der Waals surface area contributed by atoms with Crippen molar-refractivity contribution in [3.05, 3.63) is 106 Å². The molecule has 3 unspecified atom stereocenters. The molecule has 6 rings (SSSR count). The van der Waals surface area contributed by atoms with Gasteiger partial charge in [0.05, 0.1) is 0 Å². The standard InChI is InChI=1S/C28H22O6/c29-15-5-1-13(2-6-15)23-25-19(9-17(31)11-21(25)33)28-24(14-3-7-16(30)8-4-14)26-20(27(23)28)10-18(32)12-22(26)34/h1-12,23-24,27-34H/t23?,24?,27-,28?/m0/s1. The zero-order valence-electron chi connectivity index (χ0n) is 17.9. The van der Waals surface area contributed by atoms with E-state index in [2.05, 4.69) is 0 Å². The van der Waals surface area contributed by atoms with Crippen LogP contribution in [0, 0.1) is 0 Å². The maximum Gasteiger partial charge on any atom is 0.123 e. The molecule has 34 heavy (non-hydrogen) atoms. The fraction of sp³-hybridized carbons (Fsp3) is 0.143. The minimum absolute atomic E-state index is 0.0298. The average molecular weight is 454 g/mol. The molecule has 0 amide bonds. The van der Waals surface area contributed by atoms with Crippen LogP contribution < -0.4 is 0 Å². The number of fused-ring (bicyclic) bond motifs is 5. The Balaban J connectivity index is 1.67. The maximum absolute atomic E-state index is 11.0. The number of phenolic OH excluding ortho intramolecular Hbond substituents is 6. The molecule has 6 N–H and O–H groups in total. The van der Waals surface area contributed by atoms with Crippen molar-refractivity contribution in [1.29, 1.82) is 0 Å². The monoisotopic (exact) mass is 454 g/mol. The molecular formula is C28H22O6. The van der Waals surface area contributed by atoms with E-state index in [9.17, 15) is 30.6 Å². The van der Waals surface area contributed by atoms with E-state index < -0.39 is 0 Å². The first-order chi connectivity index (χ1) is 16.3. The highest BCUT2D eigenvalue weighted by Crippen LogP contribution is 2.69. The van der Waals surface area contributed by atoms with Crippen molar-refractivity contribution >= 4 is 0 Å². The number of rotatable bonds is 2. The highest BCUT2D eigenvalue weighted by atomic mass is 16.3. The first-order valence-electron chi connectivity index (χ1n) is 11.0. The van der Waals surface area contributed by atoms with Crippen molar-refractivity contribution < 1.29 is 30.6 Å². The number of hydrogen-bond donors (Lipinski definition) is 6. The van der Waals surface area contributed by atoms with Crippen molar-refractivity contribution in [2.24, 2.45) is 0 Å². The first kappa shape index (κ1) is 20.3. The Hall–Kier alpha value is -4.32. The zero-order chi connectivity index (χ0) is 23.7. The SMILES string of the molecule is Oc1ccc(C2c3c(O)cc(O)cc3[C@H]3C(c4ccc(O)cc4)c4c(O)cc(O)cc4C23)cc1. The van der Waals surface area contributed by atoms with Gasteiger partial charge in [0.1, 0.15) is 34.5 Å². The van der Waals surface area contributed by atoms with Gasteiger partial charge < -0.3 is 30.6 Å². The lowest BCUT2D eigenvalue weighted by molar-refractivity contribution is 0.443. The van der Waals surface area contributed by atoms with E-state index in [4.69, 9.17) is 0 Å². The number of phenols is 6. The van der Waals surface area contributed by atoms with Crippen LogP contribution >= 0.6 is 0 Å². The third-order valence-corrected chi connectivity index (χ3v) is 7.30. The smallest absolute Gasteiger partial charge is 0.123 e. The summed E-state index contributed by atoms with van der Waals surface area (Å²) in [4.78, 5) is 0. The summed E-state index contributed by atoms with van der Waals surface area (Å²) in [7, 11) is 0. The second-order valence-corrected chi connectivity index (χ2v) is 9.13. The molecule has 0 aromatic heterocycles. The first-order valence-corrected chi connectivity index (χ1v) is 11.0. The van der Waals surface area contributed by atoms with Gasteiger partial charge in [-0.3, -0.25) is 0 Å². The molecule has 170 valence electrons. The highest BCUT2D eigenvalue weighted by molar-refractivity contribution is 5.68. The second kappa shape index (κ2) is 7.09. The summed E-state index contributed by atoms with van der Waals surface area (Å²) in [5, 5.41) is 62.4. The van der Waals surface area contributed by atoms with Gasteiger partial charge in [0, 0.05) is 46.9 Å². The molecule has 0 spiro atoms. The largest absolute Gasteiger partial charge is 0.508 e. The molecule has 0 heterocycles. The predicted molar refractivity (Wildman–Crippen MR) is 125 cm³/mol.